The van der Waals surface area contributed by atoms with Gasteiger partial charge in [0.25, 0.3) is 0 Å². The van der Waals surface area contributed by atoms with Crippen molar-refractivity contribution in [3.63, 3.8) is 0 Å². The summed E-state index contributed by atoms with van der Waals surface area (Å²) < 4.78 is 25.3. The highest BCUT2D eigenvalue weighted by atomic mass is 19.1. The Labute approximate surface area is 147 Å². The summed E-state index contributed by atoms with van der Waals surface area (Å²) in [6, 6.07) is 7.34. The topological polar surface area (TPSA) is 51.6 Å². The number of hydrogen-bond acceptors (Lipinski definition) is 4. The van der Waals surface area contributed by atoms with E-state index in [9.17, 15) is 9.50 Å². The van der Waals surface area contributed by atoms with Crippen molar-refractivity contribution in [1.29, 1.82) is 0 Å². The van der Waals surface area contributed by atoms with Crippen molar-refractivity contribution in [1.82, 2.24) is 4.98 Å². The van der Waals surface area contributed by atoms with E-state index in [0.717, 1.165) is 42.4 Å². The fourth-order valence-corrected chi connectivity index (χ4v) is 3.92. The van der Waals surface area contributed by atoms with Crippen LogP contribution in [-0.4, -0.2) is 30.9 Å². The van der Waals surface area contributed by atoms with E-state index in [-0.39, 0.29) is 17.8 Å². The number of aliphatic hydroxyl groups is 1. The van der Waals surface area contributed by atoms with Crippen molar-refractivity contribution in [2.24, 2.45) is 0 Å². The van der Waals surface area contributed by atoms with Gasteiger partial charge in [-0.2, -0.15) is 0 Å². The van der Waals surface area contributed by atoms with Crippen LogP contribution in [0.15, 0.2) is 30.5 Å². The van der Waals surface area contributed by atoms with Gasteiger partial charge in [0.1, 0.15) is 5.82 Å². The first kappa shape index (κ1) is 17.8. The van der Waals surface area contributed by atoms with Gasteiger partial charge in [-0.25, -0.2) is 9.37 Å². The summed E-state index contributed by atoms with van der Waals surface area (Å²) in [5, 5.41) is 9.58. The summed E-state index contributed by atoms with van der Waals surface area (Å²) in [4.78, 5) is 3.94. The number of nitrogens with zero attached hydrogens (tertiary/aromatic N) is 1. The summed E-state index contributed by atoms with van der Waals surface area (Å²) in [6.07, 6.45) is 5.41. The fourth-order valence-electron chi connectivity index (χ4n) is 3.92. The van der Waals surface area contributed by atoms with Gasteiger partial charge in [-0.15, -0.1) is 0 Å². The van der Waals surface area contributed by atoms with Crippen LogP contribution in [0, 0.1) is 5.82 Å². The van der Waals surface area contributed by atoms with E-state index in [0.29, 0.717) is 18.1 Å². The molecule has 1 aromatic heterocycles. The molecule has 1 fully saturated rings. The molecule has 0 aliphatic heterocycles. The Morgan fingerprint density at radius 2 is 1.92 bits per heavy atom. The van der Waals surface area contributed by atoms with Gasteiger partial charge in [-0.05, 0) is 29.5 Å². The second kappa shape index (κ2) is 7.50. The van der Waals surface area contributed by atoms with Gasteiger partial charge < -0.3 is 14.6 Å². The molecule has 1 aromatic carbocycles. The molecule has 3 rings (SSSR count). The Kier molecular flexibility index (Phi) is 5.35. The molecule has 0 saturated heterocycles. The minimum absolute atomic E-state index is 0.0432. The number of benzene rings is 1. The molecule has 1 heterocycles. The third-order valence-electron chi connectivity index (χ3n) is 5.15. The van der Waals surface area contributed by atoms with Crippen LogP contribution in [-0.2, 0) is 16.8 Å². The lowest BCUT2D eigenvalue weighted by Crippen LogP contribution is -2.29. The predicted octanol–water partition coefficient (Wildman–Crippen LogP) is 3.85. The summed E-state index contributed by atoms with van der Waals surface area (Å²) in [7, 11) is 3.22. The summed E-state index contributed by atoms with van der Waals surface area (Å²) in [5.41, 5.74) is 2.98. The predicted molar refractivity (Wildman–Crippen MR) is 94.1 cm³/mol. The van der Waals surface area contributed by atoms with Crippen LogP contribution in [0.25, 0.3) is 11.1 Å². The zero-order chi connectivity index (χ0) is 17.9. The zero-order valence-electron chi connectivity index (χ0n) is 14.7. The Morgan fingerprint density at radius 1 is 1.16 bits per heavy atom. The second-order valence-electron chi connectivity index (χ2n) is 6.67. The minimum Gasteiger partial charge on any atom is -0.481 e. The number of halogens is 1. The van der Waals surface area contributed by atoms with Gasteiger partial charge in [-0.1, -0.05) is 31.0 Å². The van der Waals surface area contributed by atoms with Crippen molar-refractivity contribution >= 4 is 0 Å². The second-order valence-corrected chi connectivity index (χ2v) is 6.67. The number of aromatic nitrogens is 1. The van der Waals surface area contributed by atoms with Crippen molar-refractivity contribution in [2.75, 3.05) is 20.8 Å². The van der Waals surface area contributed by atoms with E-state index in [2.05, 4.69) is 4.98 Å². The molecule has 0 spiro atoms. The van der Waals surface area contributed by atoms with E-state index in [4.69, 9.17) is 9.47 Å². The quantitative estimate of drug-likeness (QED) is 0.864. The van der Waals surface area contributed by atoms with E-state index in [1.165, 1.54) is 13.3 Å². The van der Waals surface area contributed by atoms with E-state index in [1.807, 2.05) is 18.2 Å². The summed E-state index contributed by atoms with van der Waals surface area (Å²) in [5.74, 6) is -0.00911. The van der Waals surface area contributed by atoms with Gasteiger partial charge in [-0.3, -0.25) is 0 Å². The molecule has 1 saturated carbocycles. The molecule has 1 N–H and O–H groups in total. The summed E-state index contributed by atoms with van der Waals surface area (Å²) in [6.45, 7) is 0.539. The molecule has 0 bridgehead atoms. The Morgan fingerprint density at radius 3 is 2.56 bits per heavy atom. The number of hydrogen-bond donors (Lipinski definition) is 1. The smallest absolute Gasteiger partial charge is 0.213 e. The zero-order valence-corrected chi connectivity index (χ0v) is 14.7. The maximum absolute atomic E-state index is 14.6. The van der Waals surface area contributed by atoms with Crippen LogP contribution in [0.2, 0.25) is 0 Å². The molecule has 0 amide bonds. The van der Waals surface area contributed by atoms with Gasteiger partial charge in [0.05, 0.1) is 26.5 Å². The molecule has 0 unspecified atom stereocenters. The van der Waals surface area contributed by atoms with E-state index in [1.54, 1.807) is 13.2 Å². The van der Waals surface area contributed by atoms with Crippen LogP contribution in [0.1, 0.15) is 36.8 Å². The highest BCUT2D eigenvalue weighted by Gasteiger charge is 2.38. The standard InChI is InChI=1S/C20H24FNO3/c1-24-13-20(7-3-4-8-20)17-9-14(12-23)5-6-15(17)16-10-19(25-2)22-11-18(16)21/h5-6,9-11,23H,3-4,7-8,12-13H2,1-2H3. The lowest BCUT2D eigenvalue weighted by atomic mass is 9.75. The van der Waals surface area contributed by atoms with Crippen LogP contribution in [0.5, 0.6) is 5.88 Å². The van der Waals surface area contributed by atoms with E-state index >= 15 is 0 Å². The van der Waals surface area contributed by atoms with Gasteiger partial charge >= 0.3 is 0 Å². The van der Waals surface area contributed by atoms with Gasteiger partial charge in [0.15, 0.2) is 0 Å². The van der Waals surface area contributed by atoms with E-state index < -0.39 is 0 Å². The van der Waals surface area contributed by atoms with Crippen molar-refractivity contribution in [3.8, 4) is 17.0 Å². The normalized spacial score (nSPS) is 16.2. The molecular weight excluding hydrogens is 321 g/mol. The monoisotopic (exact) mass is 345 g/mol. The van der Waals surface area contributed by atoms with Gasteiger partial charge in [0, 0.05) is 24.2 Å². The first-order valence-electron chi connectivity index (χ1n) is 8.56. The van der Waals surface area contributed by atoms with Crippen LogP contribution in [0.3, 0.4) is 0 Å². The Hall–Kier alpha value is -1.98. The van der Waals surface area contributed by atoms with Crippen molar-refractivity contribution < 1.29 is 19.0 Å². The first-order chi connectivity index (χ1) is 12.1. The molecule has 4 nitrogen and oxygen atoms in total. The molecule has 0 radical (unpaired) electrons. The fraction of sp³-hybridized carbons (Fsp3) is 0.450. The first-order valence-corrected chi connectivity index (χ1v) is 8.56. The number of ether oxygens (including phenoxy) is 2. The van der Waals surface area contributed by atoms with Crippen molar-refractivity contribution in [2.45, 2.75) is 37.7 Å². The lowest BCUT2D eigenvalue weighted by Gasteiger charge is -2.31. The molecule has 1 aliphatic carbocycles. The lowest BCUT2D eigenvalue weighted by molar-refractivity contribution is 0.132. The Balaban J connectivity index is 2.20. The van der Waals surface area contributed by atoms with Crippen LogP contribution >= 0.6 is 0 Å². The van der Waals surface area contributed by atoms with Crippen molar-refractivity contribution in [3.05, 3.63) is 47.4 Å². The minimum atomic E-state index is -0.385. The number of pyridine rings is 1. The largest absolute Gasteiger partial charge is 0.481 e. The van der Waals surface area contributed by atoms with Crippen LogP contribution in [0.4, 0.5) is 4.39 Å². The third-order valence-corrected chi connectivity index (χ3v) is 5.15. The molecule has 25 heavy (non-hydrogen) atoms. The maximum atomic E-state index is 14.6. The summed E-state index contributed by atoms with van der Waals surface area (Å²) >= 11 is 0. The molecule has 0 atom stereocenters. The SMILES string of the molecule is COCC1(c2cc(CO)ccc2-c2cc(OC)ncc2F)CCCC1. The maximum Gasteiger partial charge on any atom is 0.213 e. The molecule has 5 heteroatoms. The molecule has 2 aromatic rings. The number of aliphatic hydroxyl groups excluding tert-OH is 1. The number of rotatable bonds is 6. The highest BCUT2D eigenvalue weighted by molar-refractivity contribution is 5.71. The highest BCUT2D eigenvalue weighted by Crippen LogP contribution is 2.46. The average molecular weight is 345 g/mol. The average Bonchev–Trinajstić information content (AvgIpc) is 3.12. The third kappa shape index (κ3) is 3.39. The molecular formula is C20H24FNO3. The van der Waals surface area contributed by atoms with Gasteiger partial charge in [0.2, 0.25) is 5.88 Å². The Bertz CT molecular complexity index is 742. The number of methoxy groups -OCH3 is 2. The molecule has 1 aliphatic rings. The molecule has 134 valence electrons. The van der Waals surface area contributed by atoms with Crippen LogP contribution < -0.4 is 4.74 Å².